The van der Waals surface area contributed by atoms with E-state index in [1.165, 1.54) is 18.4 Å². The van der Waals surface area contributed by atoms with E-state index in [0.29, 0.717) is 40.2 Å². The lowest BCUT2D eigenvalue weighted by molar-refractivity contribution is -0.126. The zero-order valence-electron chi connectivity index (χ0n) is 14.1. The molecule has 0 aromatic heterocycles. The van der Waals surface area contributed by atoms with Crippen LogP contribution in [-0.4, -0.2) is 29.9 Å². The Morgan fingerprint density at radius 3 is 3.08 bits per heavy atom. The first-order valence-electron chi connectivity index (χ1n) is 9.16. The van der Waals surface area contributed by atoms with Crippen molar-refractivity contribution in [1.82, 2.24) is 0 Å². The van der Waals surface area contributed by atoms with E-state index in [1.54, 1.807) is 7.11 Å². The summed E-state index contributed by atoms with van der Waals surface area (Å²) in [6.45, 7) is 0. The maximum Gasteiger partial charge on any atom is 0.141 e. The largest absolute Gasteiger partial charge is 0.497 e. The number of thioether (sulfide) groups is 1. The van der Waals surface area contributed by atoms with E-state index in [-0.39, 0.29) is 5.92 Å². The van der Waals surface area contributed by atoms with Crippen molar-refractivity contribution in [2.24, 2.45) is 34.8 Å². The number of carbonyl (C=O) groups excluding carboxylic acids is 1. The lowest BCUT2D eigenvalue weighted by Gasteiger charge is -2.29. The van der Waals surface area contributed by atoms with Crippen LogP contribution in [0.4, 0.5) is 0 Å². The zero-order chi connectivity index (χ0) is 16.5. The Morgan fingerprint density at radius 2 is 2.29 bits per heavy atom. The summed E-state index contributed by atoms with van der Waals surface area (Å²) >= 11 is 1.96. The van der Waals surface area contributed by atoms with E-state index >= 15 is 0 Å². The maximum absolute atomic E-state index is 13.1. The molecule has 1 heterocycles. The average Bonchev–Trinajstić information content (AvgIpc) is 3.40. The van der Waals surface area contributed by atoms with Crippen molar-refractivity contribution < 1.29 is 9.53 Å². The highest BCUT2D eigenvalue weighted by Crippen LogP contribution is 2.82. The van der Waals surface area contributed by atoms with E-state index < -0.39 is 0 Å². The van der Waals surface area contributed by atoms with Gasteiger partial charge >= 0.3 is 0 Å². The predicted molar refractivity (Wildman–Crippen MR) is 96.2 cm³/mol. The highest BCUT2D eigenvalue weighted by Gasteiger charge is 2.80. The third-order valence-corrected chi connectivity index (χ3v) is 8.60. The number of hydrogen-bond acceptors (Lipinski definition) is 4. The molecule has 6 unspecified atom stereocenters. The lowest BCUT2D eigenvalue weighted by Crippen LogP contribution is -2.32. The zero-order valence-corrected chi connectivity index (χ0v) is 14.9. The van der Waals surface area contributed by atoms with Gasteiger partial charge in [0.1, 0.15) is 11.5 Å². The Kier molecular flexibility index (Phi) is 3.34. The monoisotopic (exact) mass is 343 g/mol. The molecule has 1 aromatic carbocycles. The Morgan fingerprint density at radius 1 is 1.42 bits per heavy atom. The quantitative estimate of drug-likeness (QED) is 0.893. The van der Waals surface area contributed by atoms with Gasteiger partial charge in [-0.15, -0.1) is 0 Å². The minimum atomic E-state index is 0.278. The van der Waals surface area contributed by atoms with Crippen LogP contribution in [-0.2, 0) is 11.2 Å². The molecule has 4 heteroatoms. The Labute approximate surface area is 147 Å². The first-order chi connectivity index (χ1) is 11.6. The molecule has 1 saturated heterocycles. The number of rotatable bonds is 5. The van der Waals surface area contributed by atoms with E-state index in [4.69, 9.17) is 10.5 Å². The average molecular weight is 343 g/mol. The minimum Gasteiger partial charge on any atom is -0.497 e. The van der Waals surface area contributed by atoms with Crippen LogP contribution >= 0.6 is 11.8 Å². The highest BCUT2D eigenvalue weighted by molar-refractivity contribution is 8.00. The molecule has 3 nitrogen and oxygen atoms in total. The number of hydrogen-bond donors (Lipinski definition) is 1. The van der Waals surface area contributed by atoms with Crippen LogP contribution in [0, 0.1) is 29.1 Å². The fraction of sp³-hybridized carbons (Fsp3) is 0.650. The first-order valence-corrected chi connectivity index (χ1v) is 10.2. The molecule has 2 N–H and O–H groups in total. The predicted octanol–water partition coefficient (Wildman–Crippen LogP) is 2.91. The number of Topliss-reactive ketones (excluding diaryl/α,β-unsaturated/α-hetero) is 1. The summed E-state index contributed by atoms with van der Waals surface area (Å²) in [6, 6.07) is 8.65. The third-order valence-electron chi connectivity index (χ3n) is 7.08. The second-order valence-electron chi connectivity index (χ2n) is 8.33. The summed E-state index contributed by atoms with van der Waals surface area (Å²) < 4.78 is 5.33. The maximum atomic E-state index is 13.1. The smallest absolute Gasteiger partial charge is 0.141 e. The number of carbonyl (C=O) groups is 1. The second-order valence-corrected chi connectivity index (χ2v) is 9.60. The normalized spacial score (nSPS) is 44.8. The summed E-state index contributed by atoms with van der Waals surface area (Å²) in [5, 5.41) is 0.610. The fourth-order valence-electron chi connectivity index (χ4n) is 5.47. The van der Waals surface area contributed by atoms with Crippen molar-refractivity contribution in [2.45, 2.75) is 37.0 Å². The summed E-state index contributed by atoms with van der Waals surface area (Å²) in [4.78, 5) is 13.1. The summed E-state index contributed by atoms with van der Waals surface area (Å²) in [6.07, 6.45) is 4.52. The molecule has 3 saturated carbocycles. The molecule has 0 spiro atoms. The van der Waals surface area contributed by atoms with Gasteiger partial charge in [0.15, 0.2) is 0 Å². The van der Waals surface area contributed by atoms with Crippen LogP contribution in [0.1, 0.15) is 24.8 Å². The van der Waals surface area contributed by atoms with Gasteiger partial charge in [-0.3, -0.25) is 4.79 Å². The molecular formula is C20H25NO2S. The number of fused-ring (bicyclic) bond motifs is 3. The van der Waals surface area contributed by atoms with Gasteiger partial charge in [-0.05, 0) is 60.6 Å². The third kappa shape index (κ3) is 2.19. The lowest BCUT2D eigenvalue weighted by atomic mass is 9.82. The van der Waals surface area contributed by atoms with Gasteiger partial charge in [0.05, 0.1) is 7.11 Å². The van der Waals surface area contributed by atoms with Crippen LogP contribution in [0.5, 0.6) is 5.75 Å². The Bertz CT molecular complexity index is 690. The van der Waals surface area contributed by atoms with Crippen LogP contribution in [0.25, 0.3) is 0 Å². The summed E-state index contributed by atoms with van der Waals surface area (Å²) in [5.74, 6) is 4.34. The molecule has 5 rings (SSSR count). The molecular weight excluding hydrogens is 318 g/mol. The van der Waals surface area contributed by atoms with Gasteiger partial charge < -0.3 is 10.5 Å². The van der Waals surface area contributed by atoms with Gasteiger partial charge in [0.2, 0.25) is 0 Å². The molecule has 4 fully saturated rings. The van der Waals surface area contributed by atoms with Gasteiger partial charge in [0.25, 0.3) is 0 Å². The van der Waals surface area contributed by atoms with Crippen molar-refractivity contribution >= 4 is 17.5 Å². The topological polar surface area (TPSA) is 52.3 Å². The van der Waals surface area contributed by atoms with E-state index in [2.05, 4.69) is 18.2 Å². The van der Waals surface area contributed by atoms with Crippen LogP contribution in [0.3, 0.4) is 0 Å². The molecule has 7 atom stereocenters. The van der Waals surface area contributed by atoms with Crippen molar-refractivity contribution in [2.75, 3.05) is 12.9 Å². The molecule has 0 radical (unpaired) electrons. The second kappa shape index (κ2) is 5.25. The van der Waals surface area contributed by atoms with Crippen LogP contribution in [0.2, 0.25) is 0 Å². The van der Waals surface area contributed by atoms with Gasteiger partial charge in [0, 0.05) is 28.9 Å². The summed E-state index contributed by atoms with van der Waals surface area (Å²) in [5.41, 5.74) is 7.83. The number of ketones is 1. The Balaban J connectivity index is 1.28. The van der Waals surface area contributed by atoms with Crippen molar-refractivity contribution in [3.8, 4) is 5.75 Å². The molecule has 0 amide bonds. The number of benzene rings is 1. The number of methoxy groups -OCH3 is 1. The van der Waals surface area contributed by atoms with Gasteiger partial charge in [-0.25, -0.2) is 0 Å². The van der Waals surface area contributed by atoms with Crippen molar-refractivity contribution in [3.05, 3.63) is 29.8 Å². The number of ether oxygens (including phenoxy) is 1. The molecule has 2 bridgehead atoms. The minimum absolute atomic E-state index is 0.278. The SMILES string of the molecule is COc1cccc(C[C@@]23CC2C3C(=O)C2CSC3CC2CC3N)c1. The first kappa shape index (κ1) is 15.3. The highest BCUT2D eigenvalue weighted by atomic mass is 32.2. The standard InChI is InChI=1S/C20H25NO2S/c1-23-13-4-2-3-11(5-13)8-20-9-15(20)18(20)19(22)14-10-24-17-7-12(14)6-16(17)21/h2-5,12,14-18H,6-10,21H2,1H3/t12?,14?,15?,16?,17?,18?,20-/m1/s1. The molecule has 24 heavy (non-hydrogen) atoms. The Hall–Kier alpha value is -1.00. The van der Waals surface area contributed by atoms with Crippen LogP contribution in [0.15, 0.2) is 24.3 Å². The van der Waals surface area contributed by atoms with Crippen molar-refractivity contribution in [3.63, 3.8) is 0 Å². The molecule has 3 aliphatic carbocycles. The summed E-state index contributed by atoms with van der Waals surface area (Å²) in [7, 11) is 1.71. The fourth-order valence-corrected chi connectivity index (χ4v) is 7.10. The molecule has 1 aliphatic heterocycles. The van der Waals surface area contributed by atoms with Crippen LogP contribution < -0.4 is 10.5 Å². The van der Waals surface area contributed by atoms with Gasteiger partial charge in [-0.1, -0.05) is 12.1 Å². The van der Waals surface area contributed by atoms with E-state index in [1.807, 2.05) is 17.8 Å². The molecule has 4 aliphatic rings. The molecule has 128 valence electrons. The number of nitrogens with two attached hydrogens (primary N) is 1. The van der Waals surface area contributed by atoms with E-state index in [0.717, 1.165) is 24.3 Å². The van der Waals surface area contributed by atoms with E-state index in [9.17, 15) is 4.79 Å². The van der Waals surface area contributed by atoms with Gasteiger partial charge in [-0.2, -0.15) is 11.8 Å². The van der Waals surface area contributed by atoms with Crippen molar-refractivity contribution in [1.29, 1.82) is 0 Å². The molecule has 1 aromatic rings.